The topological polar surface area (TPSA) is 75.7 Å². The van der Waals surface area contributed by atoms with E-state index in [1.54, 1.807) is 25.1 Å². The van der Waals surface area contributed by atoms with Gasteiger partial charge in [0, 0.05) is 15.8 Å². The number of nitrogens with one attached hydrogen (secondary N) is 1. The summed E-state index contributed by atoms with van der Waals surface area (Å²) in [5.41, 5.74) is 1.45. The highest BCUT2D eigenvalue weighted by molar-refractivity contribution is 7.99. The van der Waals surface area contributed by atoms with Crippen LogP contribution in [0.2, 0.25) is 0 Å². The van der Waals surface area contributed by atoms with E-state index in [0.29, 0.717) is 16.8 Å². The Morgan fingerprint density at radius 1 is 1.13 bits per heavy atom. The van der Waals surface area contributed by atoms with Crippen LogP contribution >= 0.6 is 11.8 Å². The van der Waals surface area contributed by atoms with Gasteiger partial charge in [0.15, 0.2) is 0 Å². The van der Waals surface area contributed by atoms with Gasteiger partial charge in [0.25, 0.3) is 5.91 Å². The molecule has 7 heteroatoms. The normalized spacial score (nSPS) is 15.9. The predicted molar refractivity (Wildman–Crippen MR) is 115 cm³/mol. The number of hydrogen-bond acceptors (Lipinski definition) is 5. The molecule has 0 atom stereocenters. The van der Waals surface area contributed by atoms with E-state index in [2.05, 4.69) is 5.32 Å². The summed E-state index contributed by atoms with van der Waals surface area (Å²) in [6, 6.07) is 12.7. The zero-order valence-electron chi connectivity index (χ0n) is 16.8. The minimum atomic E-state index is -0.449. The van der Waals surface area contributed by atoms with E-state index in [0.717, 1.165) is 35.5 Å². The van der Waals surface area contributed by atoms with Gasteiger partial charge in [0.1, 0.15) is 6.54 Å². The first kappa shape index (κ1) is 20.5. The minimum Gasteiger partial charge on any atom is -0.462 e. The van der Waals surface area contributed by atoms with Crippen LogP contribution in [0.15, 0.2) is 52.3 Å². The van der Waals surface area contributed by atoms with Crippen LogP contribution in [-0.4, -0.2) is 37.0 Å². The molecule has 0 radical (unpaired) electrons. The summed E-state index contributed by atoms with van der Waals surface area (Å²) in [5.74, 6) is -0.888. The number of esters is 1. The maximum atomic E-state index is 13.4. The van der Waals surface area contributed by atoms with Crippen LogP contribution in [0.5, 0.6) is 0 Å². The average Bonchev–Trinajstić information content (AvgIpc) is 3.21. The molecule has 0 saturated heterocycles. The van der Waals surface area contributed by atoms with E-state index < -0.39 is 5.97 Å². The van der Waals surface area contributed by atoms with Gasteiger partial charge in [-0.25, -0.2) is 4.79 Å². The number of benzene rings is 2. The van der Waals surface area contributed by atoms with Crippen molar-refractivity contribution in [2.24, 2.45) is 0 Å². The van der Waals surface area contributed by atoms with Gasteiger partial charge in [-0.1, -0.05) is 36.7 Å². The molecule has 1 saturated carbocycles. The number of carbonyl (C=O) groups excluding carboxylic acids is 3. The average molecular weight is 425 g/mol. The third-order valence-electron chi connectivity index (χ3n) is 5.37. The van der Waals surface area contributed by atoms with Crippen molar-refractivity contribution in [3.05, 3.63) is 53.6 Å². The monoisotopic (exact) mass is 424 g/mol. The van der Waals surface area contributed by atoms with E-state index in [-0.39, 0.29) is 31.0 Å². The third-order valence-corrected chi connectivity index (χ3v) is 6.51. The van der Waals surface area contributed by atoms with Crippen LogP contribution in [-0.2, 0) is 9.53 Å². The Morgan fingerprint density at radius 2 is 1.90 bits per heavy atom. The van der Waals surface area contributed by atoms with E-state index in [4.69, 9.17) is 4.74 Å². The highest BCUT2D eigenvalue weighted by Gasteiger charge is 2.30. The molecule has 0 spiro atoms. The van der Waals surface area contributed by atoms with Gasteiger partial charge in [0.05, 0.1) is 23.4 Å². The van der Waals surface area contributed by atoms with Crippen LogP contribution in [0.4, 0.5) is 5.69 Å². The van der Waals surface area contributed by atoms with Gasteiger partial charge in [-0.2, -0.15) is 0 Å². The van der Waals surface area contributed by atoms with Crippen molar-refractivity contribution in [1.29, 1.82) is 0 Å². The van der Waals surface area contributed by atoms with Gasteiger partial charge < -0.3 is 10.1 Å². The number of rotatable bonds is 5. The molecule has 0 bridgehead atoms. The second-order valence-electron chi connectivity index (χ2n) is 7.44. The Morgan fingerprint density at radius 3 is 2.67 bits per heavy atom. The van der Waals surface area contributed by atoms with Crippen molar-refractivity contribution >= 4 is 35.2 Å². The standard InChI is InChI=1S/C23H24N2O4S/c1-2-29-23(28)15-11-12-20-18(13-15)25(14-21(26)24-16-7-3-4-8-16)22(27)17-9-5-6-10-19(17)30-20/h5-6,9-13,16H,2-4,7-8,14H2,1H3,(H,24,26). The van der Waals surface area contributed by atoms with Crippen LogP contribution in [0, 0.1) is 0 Å². The SMILES string of the molecule is CCOC(=O)c1ccc2c(c1)N(CC(=O)NC1CCCC1)C(=O)c1ccccc1S2. The van der Waals surface area contributed by atoms with E-state index in [9.17, 15) is 14.4 Å². The first-order valence-corrected chi connectivity index (χ1v) is 11.1. The number of ether oxygens (including phenoxy) is 1. The molecule has 0 aromatic heterocycles. The summed E-state index contributed by atoms with van der Waals surface area (Å²) in [7, 11) is 0. The predicted octanol–water partition coefficient (Wildman–Crippen LogP) is 4.03. The zero-order chi connectivity index (χ0) is 21.1. The lowest BCUT2D eigenvalue weighted by molar-refractivity contribution is -0.120. The van der Waals surface area contributed by atoms with Crippen molar-refractivity contribution in [1.82, 2.24) is 5.32 Å². The number of nitrogens with zero attached hydrogens (tertiary/aromatic N) is 1. The smallest absolute Gasteiger partial charge is 0.338 e. The molecule has 6 nitrogen and oxygen atoms in total. The fourth-order valence-corrected chi connectivity index (χ4v) is 4.96. The quantitative estimate of drug-likeness (QED) is 0.734. The molecule has 1 aliphatic heterocycles. The van der Waals surface area contributed by atoms with Gasteiger partial charge in [0.2, 0.25) is 5.91 Å². The highest BCUT2D eigenvalue weighted by atomic mass is 32.2. The van der Waals surface area contributed by atoms with Crippen molar-refractivity contribution in [2.75, 3.05) is 18.1 Å². The second-order valence-corrected chi connectivity index (χ2v) is 8.53. The Labute approximate surface area is 180 Å². The van der Waals surface area contributed by atoms with Crippen molar-refractivity contribution in [2.45, 2.75) is 48.4 Å². The number of carbonyl (C=O) groups is 3. The Bertz CT molecular complexity index is 985. The fraction of sp³-hybridized carbons (Fsp3) is 0.348. The van der Waals surface area contributed by atoms with E-state index in [1.165, 1.54) is 16.7 Å². The Balaban J connectivity index is 1.70. The van der Waals surface area contributed by atoms with Crippen LogP contribution < -0.4 is 10.2 Å². The highest BCUT2D eigenvalue weighted by Crippen LogP contribution is 2.41. The van der Waals surface area contributed by atoms with Crippen LogP contribution in [0.25, 0.3) is 0 Å². The van der Waals surface area contributed by atoms with Crippen molar-refractivity contribution in [3.8, 4) is 0 Å². The van der Waals surface area contributed by atoms with E-state index >= 15 is 0 Å². The number of anilines is 1. The van der Waals surface area contributed by atoms with Gasteiger partial charge in [-0.15, -0.1) is 0 Å². The lowest BCUT2D eigenvalue weighted by Crippen LogP contribution is -2.43. The summed E-state index contributed by atoms with van der Waals surface area (Å²) in [5, 5.41) is 3.05. The number of fused-ring (bicyclic) bond motifs is 2. The lowest BCUT2D eigenvalue weighted by Gasteiger charge is -2.24. The van der Waals surface area contributed by atoms with Crippen molar-refractivity contribution in [3.63, 3.8) is 0 Å². The summed E-state index contributed by atoms with van der Waals surface area (Å²) in [6.07, 6.45) is 4.18. The maximum Gasteiger partial charge on any atom is 0.338 e. The summed E-state index contributed by atoms with van der Waals surface area (Å²) >= 11 is 1.46. The van der Waals surface area contributed by atoms with Crippen LogP contribution in [0.1, 0.15) is 53.3 Å². The molecule has 2 amide bonds. The molecule has 1 N–H and O–H groups in total. The molecular weight excluding hydrogens is 400 g/mol. The fourth-order valence-electron chi connectivity index (χ4n) is 3.91. The molecule has 30 heavy (non-hydrogen) atoms. The molecule has 156 valence electrons. The van der Waals surface area contributed by atoms with Crippen LogP contribution in [0.3, 0.4) is 0 Å². The number of hydrogen-bond donors (Lipinski definition) is 1. The summed E-state index contributed by atoms with van der Waals surface area (Å²) in [6.45, 7) is 1.92. The van der Waals surface area contributed by atoms with Gasteiger partial charge in [-0.05, 0) is 50.1 Å². The minimum absolute atomic E-state index is 0.0937. The first-order valence-electron chi connectivity index (χ1n) is 10.3. The maximum absolute atomic E-state index is 13.4. The Hall–Kier alpha value is -2.80. The Kier molecular flexibility index (Phi) is 6.08. The van der Waals surface area contributed by atoms with E-state index in [1.807, 2.05) is 24.3 Å². The van der Waals surface area contributed by atoms with Crippen molar-refractivity contribution < 1.29 is 19.1 Å². The van der Waals surface area contributed by atoms with Gasteiger partial charge in [-0.3, -0.25) is 14.5 Å². The first-order chi connectivity index (χ1) is 14.6. The molecule has 2 aromatic rings. The summed E-state index contributed by atoms with van der Waals surface area (Å²) in [4.78, 5) is 41.5. The molecular formula is C23H24N2O4S. The molecule has 1 fully saturated rings. The molecule has 2 aliphatic rings. The summed E-state index contributed by atoms with van der Waals surface area (Å²) < 4.78 is 5.12. The second kappa shape index (κ2) is 8.92. The van der Waals surface area contributed by atoms with Gasteiger partial charge >= 0.3 is 5.97 Å². The molecule has 1 aliphatic carbocycles. The molecule has 4 rings (SSSR count). The zero-order valence-corrected chi connectivity index (χ0v) is 17.7. The molecule has 0 unspecified atom stereocenters. The molecule has 1 heterocycles. The molecule has 2 aromatic carbocycles. The lowest BCUT2D eigenvalue weighted by atomic mass is 10.1. The number of amides is 2. The third kappa shape index (κ3) is 4.21. The largest absolute Gasteiger partial charge is 0.462 e.